The third-order valence-corrected chi connectivity index (χ3v) is 3.50. The Morgan fingerprint density at radius 3 is 2.43 bits per heavy atom. The highest BCUT2D eigenvalue weighted by atomic mass is 35.5. The molecule has 0 saturated carbocycles. The van der Waals surface area contributed by atoms with Crippen molar-refractivity contribution in [3.63, 3.8) is 0 Å². The molecule has 3 aromatic rings. The lowest BCUT2D eigenvalue weighted by molar-refractivity contribution is 0.289. The van der Waals surface area contributed by atoms with Crippen LogP contribution in [0.15, 0.2) is 54.6 Å². The Hall–Kier alpha value is -2.26. The number of aromatic hydroxyl groups is 1. The first-order chi connectivity index (χ1) is 10.1. The second-order valence-electron chi connectivity index (χ2n) is 4.70. The molecule has 0 amide bonds. The van der Waals surface area contributed by atoms with E-state index in [9.17, 15) is 9.50 Å². The van der Waals surface area contributed by atoms with Crippen LogP contribution >= 0.6 is 11.6 Å². The number of hydrogen-bond donors (Lipinski definition) is 1. The number of hydrogen-bond acceptors (Lipinski definition) is 2. The normalized spacial score (nSPS) is 10.8. The fourth-order valence-electron chi connectivity index (χ4n) is 2.11. The third-order valence-electron chi connectivity index (χ3n) is 3.21. The molecule has 0 fully saturated rings. The minimum absolute atomic E-state index is 0.0545. The molecule has 0 radical (unpaired) electrons. The van der Waals surface area contributed by atoms with Crippen molar-refractivity contribution in [2.45, 2.75) is 6.61 Å². The highest BCUT2D eigenvalue weighted by Crippen LogP contribution is 2.32. The van der Waals surface area contributed by atoms with Gasteiger partial charge in [0.25, 0.3) is 0 Å². The Labute approximate surface area is 126 Å². The quantitative estimate of drug-likeness (QED) is 0.744. The maximum Gasteiger partial charge on any atom is 0.162 e. The fourth-order valence-corrected chi connectivity index (χ4v) is 2.32. The predicted molar refractivity (Wildman–Crippen MR) is 81.4 cm³/mol. The summed E-state index contributed by atoms with van der Waals surface area (Å²) in [6, 6.07) is 15.5. The molecule has 4 heteroatoms. The van der Waals surface area contributed by atoms with Crippen molar-refractivity contribution in [1.29, 1.82) is 0 Å². The molecule has 0 aliphatic rings. The molecule has 2 nitrogen and oxygen atoms in total. The van der Waals surface area contributed by atoms with E-state index in [1.807, 2.05) is 24.3 Å². The molecular formula is C17H12ClFO2. The van der Waals surface area contributed by atoms with Gasteiger partial charge >= 0.3 is 0 Å². The summed E-state index contributed by atoms with van der Waals surface area (Å²) >= 11 is 5.73. The van der Waals surface area contributed by atoms with E-state index in [1.54, 1.807) is 18.2 Å². The molecule has 0 atom stereocenters. The average Bonchev–Trinajstić information content (AvgIpc) is 2.48. The molecule has 3 rings (SSSR count). The van der Waals surface area contributed by atoms with Crippen molar-refractivity contribution >= 4 is 22.4 Å². The number of fused-ring (bicyclic) bond motifs is 1. The summed E-state index contributed by atoms with van der Waals surface area (Å²) in [6.07, 6.45) is 0. The van der Waals surface area contributed by atoms with Crippen molar-refractivity contribution in [2.24, 2.45) is 0 Å². The van der Waals surface area contributed by atoms with Crippen LogP contribution < -0.4 is 4.74 Å². The van der Waals surface area contributed by atoms with Gasteiger partial charge in [0.1, 0.15) is 12.4 Å². The summed E-state index contributed by atoms with van der Waals surface area (Å²) in [5.41, 5.74) is 0.731. The van der Waals surface area contributed by atoms with Crippen LogP contribution in [0.3, 0.4) is 0 Å². The molecule has 0 aromatic heterocycles. The van der Waals surface area contributed by atoms with E-state index < -0.39 is 5.82 Å². The van der Waals surface area contributed by atoms with Crippen LogP contribution in [-0.2, 0) is 6.61 Å². The zero-order valence-corrected chi connectivity index (χ0v) is 11.8. The van der Waals surface area contributed by atoms with Crippen molar-refractivity contribution in [3.8, 4) is 11.5 Å². The SMILES string of the molecule is Oc1cc2ccccc2cc1OCc1ccc(F)c(Cl)c1. The van der Waals surface area contributed by atoms with E-state index in [4.69, 9.17) is 16.3 Å². The largest absolute Gasteiger partial charge is 0.504 e. The number of benzene rings is 3. The standard InChI is InChI=1S/C17H12ClFO2/c18-14-7-11(5-6-15(14)19)10-21-17-9-13-4-2-1-3-12(13)8-16(17)20/h1-9,20H,10H2. The predicted octanol–water partition coefficient (Wildman–Crippen LogP) is 4.92. The zero-order valence-electron chi connectivity index (χ0n) is 11.0. The summed E-state index contributed by atoms with van der Waals surface area (Å²) < 4.78 is 18.7. The number of phenolic OH excluding ortho intramolecular Hbond substituents is 1. The Morgan fingerprint density at radius 2 is 1.71 bits per heavy atom. The lowest BCUT2D eigenvalue weighted by Gasteiger charge is -2.10. The van der Waals surface area contributed by atoms with Crippen LogP contribution in [0.5, 0.6) is 11.5 Å². The van der Waals surface area contributed by atoms with Gasteiger partial charge in [0, 0.05) is 0 Å². The molecule has 0 unspecified atom stereocenters. The zero-order chi connectivity index (χ0) is 14.8. The van der Waals surface area contributed by atoms with Gasteiger partial charge in [-0.05, 0) is 40.6 Å². The fraction of sp³-hybridized carbons (Fsp3) is 0.0588. The maximum absolute atomic E-state index is 13.1. The second-order valence-corrected chi connectivity index (χ2v) is 5.11. The highest BCUT2D eigenvalue weighted by Gasteiger charge is 2.06. The summed E-state index contributed by atoms with van der Waals surface area (Å²) in [5, 5.41) is 11.9. The Kier molecular flexibility index (Phi) is 3.67. The lowest BCUT2D eigenvalue weighted by Crippen LogP contribution is -1.96. The van der Waals surface area contributed by atoms with E-state index in [0.717, 1.165) is 16.3 Å². The molecule has 21 heavy (non-hydrogen) atoms. The van der Waals surface area contributed by atoms with Gasteiger partial charge in [0.2, 0.25) is 0 Å². The first-order valence-electron chi connectivity index (χ1n) is 6.42. The number of halogens is 2. The minimum Gasteiger partial charge on any atom is -0.504 e. The Morgan fingerprint density at radius 1 is 1.00 bits per heavy atom. The molecular weight excluding hydrogens is 291 g/mol. The average molecular weight is 303 g/mol. The van der Waals surface area contributed by atoms with Crippen LogP contribution in [0.25, 0.3) is 10.8 Å². The number of rotatable bonds is 3. The van der Waals surface area contributed by atoms with Crippen LogP contribution in [0.2, 0.25) is 5.02 Å². The smallest absolute Gasteiger partial charge is 0.162 e. The van der Waals surface area contributed by atoms with Crippen molar-refractivity contribution < 1.29 is 14.2 Å². The van der Waals surface area contributed by atoms with E-state index in [0.29, 0.717) is 5.75 Å². The molecule has 1 N–H and O–H groups in total. The van der Waals surface area contributed by atoms with E-state index in [2.05, 4.69) is 0 Å². The van der Waals surface area contributed by atoms with Crippen LogP contribution in [0, 0.1) is 5.82 Å². The van der Waals surface area contributed by atoms with Gasteiger partial charge in [0.15, 0.2) is 11.5 Å². The van der Waals surface area contributed by atoms with Gasteiger partial charge in [-0.2, -0.15) is 0 Å². The number of ether oxygens (including phenoxy) is 1. The molecule has 106 valence electrons. The topological polar surface area (TPSA) is 29.5 Å². The van der Waals surface area contributed by atoms with Gasteiger partial charge in [0.05, 0.1) is 5.02 Å². The number of phenols is 1. The molecule has 0 spiro atoms. The first-order valence-corrected chi connectivity index (χ1v) is 6.80. The van der Waals surface area contributed by atoms with Gasteiger partial charge in [-0.25, -0.2) is 4.39 Å². The van der Waals surface area contributed by atoms with E-state index >= 15 is 0 Å². The van der Waals surface area contributed by atoms with Gasteiger partial charge < -0.3 is 9.84 Å². The molecule has 0 aliphatic carbocycles. The van der Waals surface area contributed by atoms with Crippen LogP contribution in [0.1, 0.15) is 5.56 Å². The van der Waals surface area contributed by atoms with Crippen LogP contribution in [0.4, 0.5) is 4.39 Å². The highest BCUT2D eigenvalue weighted by molar-refractivity contribution is 6.30. The van der Waals surface area contributed by atoms with Crippen LogP contribution in [-0.4, -0.2) is 5.11 Å². The van der Waals surface area contributed by atoms with Crippen molar-refractivity contribution in [2.75, 3.05) is 0 Å². The summed E-state index contributed by atoms with van der Waals surface area (Å²) in [4.78, 5) is 0. The molecule has 0 bridgehead atoms. The first kappa shape index (κ1) is 13.7. The van der Waals surface area contributed by atoms with Crippen molar-refractivity contribution in [1.82, 2.24) is 0 Å². The summed E-state index contributed by atoms with van der Waals surface area (Å²) in [5.74, 6) is -0.00924. The summed E-state index contributed by atoms with van der Waals surface area (Å²) in [7, 11) is 0. The van der Waals surface area contributed by atoms with E-state index in [1.165, 1.54) is 12.1 Å². The minimum atomic E-state index is -0.464. The molecule has 0 aliphatic heterocycles. The van der Waals surface area contributed by atoms with Gasteiger partial charge in [-0.15, -0.1) is 0 Å². The van der Waals surface area contributed by atoms with Gasteiger partial charge in [-0.1, -0.05) is 41.9 Å². The molecule has 0 saturated heterocycles. The Bertz CT molecular complexity index is 802. The lowest BCUT2D eigenvalue weighted by atomic mass is 10.1. The molecule has 3 aromatic carbocycles. The maximum atomic E-state index is 13.1. The summed E-state index contributed by atoms with van der Waals surface area (Å²) in [6.45, 7) is 0.200. The monoisotopic (exact) mass is 302 g/mol. The third kappa shape index (κ3) is 2.93. The molecule has 0 heterocycles. The second kappa shape index (κ2) is 5.62. The Balaban J connectivity index is 1.84. The van der Waals surface area contributed by atoms with E-state index in [-0.39, 0.29) is 17.4 Å². The van der Waals surface area contributed by atoms with Gasteiger partial charge in [-0.3, -0.25) is 0 Å². The van der Waals surface area contributed by atoms with Crippen molar-refractivity contribution in [3.05, 3.63) is 71.0 Å².